The van der Waals surface area contributed by atoms with E-state index in [4.69, 9.17) is 0 Å². The molecule has 4 rings (SSSR count). The van der Waals surface area contributed by atoms with Gasteiger partial charge in [0.1, 0.15) is 5.82 Å². The lowest BCUT2D eigenvalue weighted by Crippen LogP contribution is -2.40. The second kappa shape index (κ2) is 7.71. The second-order valence-corrected chi connectivity index (χ2v) is 6.57. The van der Waals surface area contributed by atoms with E-state index in [1.54, 1.807) is 0 Å². The maximum absolute atomic E-state index is 4.45. The molecule has 2 aromatic rings. The molecule has 136 valence electrons. The second-order valence-electron chi connectivity index (χ2n) is 6.57. The molecular weight excluding hydrogens is 431 g/mol. The summed E-state index contributed by atoms with van der Waals surface area (Å²) in [6.45, 7) is 3.69. The zero-order valence-electron chi connectivity index (χ0n) is 14.7. The fraction of sp³-hybridized carbons (Fsp3) is 0.625. The monoisotopic (exact) mass is 456 g/mol. The van der Waals surface area contributed by atoms with Crippen LogP contribution in [0.5, 0.6) is 0 Å². The number of aryl methyl sites for hydroxylation is 2. The van der Waals surface area contributed by atoms with Gasteiger partial charge in [-0.15, -0.1) is 34.2 Å². The first-order valence-electron chi connectivity index (χ1n) is 8.59. The number of rotatable bonds is 3. The Hall–Kier alpha value is -1.65. The number of fused-ring (bicyclic) bond motifs is 1. The van der Waals surface area contributed by atoms with E-state index in [1.165, 1.54) is 12.0 Å². The lowest BCUT2D eigenvalue weighted by Gasteiger charge is -2.21. The molecule has 0 amide bonds. The summed E-state index contributed by atoms with van der Waals surface area (Å²) >= 11 is 0. The summed E-state index contributed by atoms with van der Waals surface area (Å²) in [6.07, 6.45) is 7.44. The van der Waals surface area contributed by atoms with Crippen molar-refractivity contribution in [3.63, 3.8) is 0 Å². The van der Waals surface area contributed by atoms with Crippen LogP contribution in [-0.4, -0.2) is 55.5 Å². The smallest absolute Gasteiger partial charge is 0.194 e. The van der Waals surface area contributed by atoms with Gasteiger partial charge in [0.15, 0.2) is 11.8 Å². The first-order valence-corrected chi connectivity index (χ1v) is 8.59. The lowest BCUT2D eigenvalue weighted by molar-refractivity contribution is 0.482. The van der Waals surface area contributed by atoms with Crippen molar-refractivity contribution in [1.29, 1.82) is 0 Å². The molecule has 0 aromatic carbocycles. The third-order valence-corrected chi connectivity index (χ3v) is 4.99. The first-order chi connectivity index (χ1) is 11.7. The van der Waals surface area contributed by atoms with Gasteiger partial charge in [-0.2, -0.15) is 5.10 Å². The number of likely N-dealkylation sites (tertiary alicyclic amines) is 1. The van der Waals surface area contributed by atoms with Gasteiger partial charge in [0.2, 0.25) is 0 Å². The molecule has 1 N–H and O–H groups in total. The molecular formula is C16H25IN8. The van der Waals surface area contributed by atoms with E-state index >= 15 is 0 Å². The van der Waals surface area contributed by atoms with Crippen LogP contribution in [0.2, 0.25) is 0 Å². The van der Waals surface area contributed by atoms with Crippen LogP contribution in [0.1, 0.15) is 36.0 Å². The largest absolute Gasteiger partial charge is 0.349 e. The van der Waals surface area contributed by atoms with Crippen LogP contribution < -0.4 is 5.32 Å². The molecule has 2 aliphatic rings. The highest BCUT2D eigenvalue weighted by atomic mass is 127. The van der Waals surface area contributed by atoms with Gasteiger partial charge in [0.25, 0.3) is 0 Å². The fourth-order valence-electron chi connectivity index (χ4n) is 3.71. The van der Waals surface area contributed by atoms with E-state index in [0.717, 1.165) is 50.1 Å². The molecule has 9 heteroatoms. The highest BCUT2D eigenvalue weighted by Crippen LogP contribution is 2.26. The number of aromatic nitrogens is 5. The SMILES string of the molecule is CN=C(NCc1nnc2n1CCC2)N1CCC(c2cnn(C)c2)C1.I. The molecule has 0 saturated carbocycles. The number of guanidine groups is 1. The van der Waals surface area contributed by atoms with Crippen molar-refractivity contribution in [2.75, 3.05) is 20.1 Å². The van der Waals surface area contributed by atoms with Gasteiger partial charge in [-0.25, -0.2) is 0 Å². The van der Waals surface area contributed by atoms with Crippen molar-refractivity contribution in [2.24, 2.45) is 12.0 Å². The predicted octanol–water partition coefficient (Wildman–Crippen LogP) is 1.14. The Labute approximate surface area is 164 Å². The van der Waals surface area contributed by atoms with E-state index in [9.17, 15) is 0 Å². The summed E-state index contributed by atoms with van der Waals surface area (Å²) in [5.74, 6) is 3.58. The molecule has 0 bridgehead atoms. The number of nitrogens with one attached hydrogen (secondary N) is 1. The molecule has 25 heavy (non-hydrogen) atoms. The Morgan fingerprint density at radius 1 is 1.36 bits per heavy atom. The Morgan fingerprint density at radius 3 is 3.00 bits per heavy atom. The van der Waals surface area contributed by atoms with Crippen molar-refractivity contribution in [3.8, 4) is 0 Å². The van der Waals surface area contributed by atoms with Crippen molar-refractivity contribution >= 4 is 29.9 Å². The molecule has 0 radical (unpaired) electrons. The van der Waals surface area contributed by atoms with Crippen molar-refractivity contribution in [3.05, 3.63) is 29.6 Å². The van der Waals surface area contributed by atoms with E-state index in [-0.39, 0.29) is 24.0 Å². The van der Waals surface area contributed by atoms with E-state index in [0.29, 0.717) is 12.5 Å². The molecule has 0 aliphatic carbocycles. The number of hydrogen-bond acceptors (Lipinski definition) is 4. The van der Waals surface area contributed by atoms with Crippen LogP contribution in [0.15, 0.2) is 17.4 Å². The number of hydrogen-bond donors (Lipinski definition) is 1. The number of aliphatic imine (C=N–C) groups is 1. The number of halogens is 1. The quantitative estimate of drug-likeness (QED) is 0.426. The summed E-state index contributed by atoms with van der Waals surface area (Å²) in [5, 5.41) is 16.3. The van der Waals surface area contributed by atoms with Gasteiger partial charge >= 0.3 is 0 Å². The molecule has 1 unspecified atom stereocenters. The topological polar surface area (TPSA) is 76.2 Å². The van der Waals surface area contributed by atoms with Crippen molar-refractivity contribution < 1.29 is 0 Å². The molecule has 1 saturated heterocycles. The zero-order valence-corrected chi connectivity index (χ0v) is 17.1. The van der Waals surface area contributed by atoms with E-state index in [1.807, 2.05) is 25.0 Å². The summed E-state index contributed by atoms with van der Waals surface area (Å²) < 4.78 is 4.10. The van der Waals surface area contributed by atoms with E-state index < -0.39 is 0 Å². The third kappa shape index (κ3) is 3.65. The Morgan fingerprint density at radius 2 is 2.24 bits per heavy atom. The van der Waals surface area contributed by atoms with Gasteiger partial charge in [0, 0.05) is 52.3 Å². The van der Waals surface area contributed by atoms with Gasteiger partial charge in [0.05, 0.1) is 12.7 Å². The van der Waals surface area contributed by atoms with Crippen LogP contribution in [0, 0.1) is 0 Å². The molecule has 2 aliphatic heterocycles. The maximum atomic E-state index is 4.45. The number of nitrogens with zero attached hydrogens (tertiary/aromatic N) is 7. The molecule has 4 heterocycles. The molecule has 1 atom stereocenters. The normalized spacial score (nSPS) is 19.8. The third-order valence-electron chi connectivity index (χ3n) is 4.99. The summed E-state index contributed by atoms with van der Waals surface area (Å²) in [5.41, 5.74) is 1.31. The standard InChI is InChI=1S/C16H24N8.HI/c1-17-16(18-9-15-21-20-14-4-3-6-24(14)15)23-7-5-12(11-23)13-8-19-22(2)10-13;/h8,10,12H,3-7,9,11H2,1-2H3,(H,17,18);1H. The molecule has 8 nitrogen and oxygen atoms in total. The fourth-order valence-corrected chi connectivity index (χ4v) is 3.71. The zero-order chi connectivity index (χ0) is 16.5. The van der Waals surface area contributed by atoms with Crippen molar-refractivity contribution in [1.82, 2.24) is 34.8 Å². The van der Waals surface area contributed by atoms with Gasteiger partial charge < -0.3 is 14.8 Å². The van der Waals surface area contributed by atoms with Crippen LogP contribution in [-0.2, 0) is 26.6 Å². The highest BCUT2D eigenvalue weighted by Gasteiger charge is 2.27. The summed E-state index contributed by atoms with van der Waals surface area (Å²) in [7, 11) is 3.81. The van der Waals surface area contributed by atoms with E-state index in [2.05, 4.69) is 41.3 Å². The molecule has 2 aromatic heterocycles. The van der Waals surface area contributed by atoms with Crippen LogP contribution in [0.4, 0.5) is 0 Å². The highest BCUT2D eigenvalue weighted by molar-refractivity contribution is 14.0. The van der Waals surface area contributed by atoms with Gasteiger partial charge in [-0.3, -0.25) is 9.67 Å². The molecule has 1 fully saturated rings. The molecule has 0 spiro atoms. The average molecular weight is 456 g/mol. The van der Waals surface area contributed by atoms with Crippen LogP contribution >= 0.6 is 24.0 Å². The summed E-state index contributed by atoms with van der Waals surface area (Å²) in [6, 6.07) is 0. The average Bonchev–Trinajstić information content (AvgIpc) is 3.32. The first kappa shape index (κ1) is 18.2. The lowest BCUT2D eigenvalue weighted by atomic mass is 10.0. The van der Waals surface area contributed by atoms with Crippen LogP contribution in [0.25, 0.3) is 0 Å². The minimum absolute atomic E-state index is 0. The minimum Gasteiger partial charge on any atom is -0.349 e. The van der Waals surface area contributed by atoms with Gasteiger partial charge in [-0.1, -0.05) is 0 Å². The minimum atomic E-state index is 0. The predicted molar refractivity (Wildman–Crippen MR) is 106 cm³/mol. The Kier molecular flexibility index (Phi) is 5.60. The summed E-state index contributed by atoms with van der Waals surface area (Å²) in [4.78, 5) is 6.77. The van der Waals surface area contributed by atoms with Crippen molar-refractivity contribution in [2.45, 2.75) is 38.3 Å². The Bertz CT molecular complexity index is 749. The maximum Gasteiger partial charge on any atom is 0.194 e. The van der Waals surface area contributed by atoms with Gasteiger partial charge in [-0.05, 0) is 18.4 Å². The van der Waals surface area contributed by atoms with Crippen LogP contribution in [0.3, 0.4) is 0 Å². The Balaban J connectivity index is 0.00000182.